The van der Waals surface area contributed by atoms with Crippen molar-refractivity contribution in [1.82, 2.24) is 10.2 Å². The molecule has 2 rings (SSSR count). The van der Waals surface area contributed by atoms with Crippen molar-refractivity contribution in [3.8, 4) is 0 Å². The Kier molecular flexibility index (Phi) is 7.91. The van der Waals surface area contributed by atoms with Gasteiger partial charge in [0.15, 0.2) is 0 Å². The lowest BCUT2D eigenvalue weighted by atomic mass is 10.0. The fourth-order valence-corrected chi connectivity index (χ4v) is 3.85. The van der Waals surface area contributed by atoms with E-state index in [9.17, 15) is 9.59 Å². The largest absolute Gasteiger partial charge is 0.462 e. The molecule has 1 saturated heterocycles. The van der Waals surface area contributed by atoms with Gasteiger partial charge < -0.3 is 14.8 Å². The van der Waals surface area contributed by atoms with Crippen LogP contribution >= 0.6 is 22.6 Å². The summed E-state index contributed by atoms with van der Waals surface area (Å²) < 4.78 is 11.4. The van der Waals surface area contributed by atoms with Gasteiger partial charge in [-0.25, -0.2) is 9.59 Å². The van der Waals surface area contributed by atoms with Gasteiger partial charge in [-0.2, -0.15) is 0 Å². The third-order valence-corrected chi connectivity index (χ3v) is 5.47. The van der Waals surface area contributed by atoms with Gasteiger partial charge in [0.2, 0.25) is 0 Å². The van der Waals surface area contributed by atoms with Crippen LogP contribution in [0.3, 0.4) is 0 Å². The van der Waals surface area contributed by atoms with Crippen LogP contribution in [-0.2, 0) is 16.0 Å². The van der Waals surface area contributed by atoms with Crippen molar-refractivity contribution in [2.24, 2.45) is 0 Å². The van der Waals surface area contributed by atoms with Crippen molar-refractivity contribution in [3.63, 3.8) is 0 Å². The Bertz CT molecular complexity index is 672. The highest BCUT2D eigenvalue weighted by Gasteiger charge is 2.25. The van der Waals surface area contributed by atoms with E-state index in [1.165, 1.54) is 0 Å². The first kappa shape index (κ1) is 21.9. The van der Waals surface area contributed by atoms with Crippen molar-refractivity contribution in [2.45, 2.75) is 58.7 Å². The van der Waals surface area contributed by atoms with E-state index in [1.807, 2.05) is 32.9 Å². The second-order valence-electron chi connectivity index (χ2n) is 7.72. The zero-order valence-electron chi connectivity index (χ0n) is 16.5. The Morgan fingerprint density at radius 2 is 2.07 bits per heavy atom. The van der Waals surface area contributed by atoms with Gasteiger partial charge in [-0.05, 0) is 81.3 Å². The van der Waals surface area contributed by atoms with E-state index in [1.54, 1.807) is 13.0 Å². The normalized spacial score (nSPS) is 18.0. The number of carbonyl (C=O) groups is 2. The highest BCUT2D eigenvalue weighted by molar-refractivity contribution is 14.1. The number of rotatable bonds is 5. The summed E-state index contributed by atoms with van der Waals surface area (Å²) in [6, 6.07) is 5.80. The molecular formula is C20H29IN2O4. The number of nitrogens with one attached hydrogen (secondary N) is 1. The molecular weight excluding hydrogens is 459 g/mol. The summed E-state index contributed by atoms with van der Waals surface area (Å²) in [6.45, 7) is 10.2. The van der Waals surface area contributed by atoms with Gasteiger partial charge in [0.05, 0.1) is 12.2 Å². The van der Waals surface area contributed by atoms with Gasteiger partial charge >= 0.3 is 12.1 Å². The number of ether oxygens (including phenoxy) is 2. The molecule has 1 N–H and O–H groups in total. The van der Waals surface area contributed by atoms with E-state index in [-0.39, 0.29) is 18.1 Å². The van der Waals surface area contributed by atoms with Gasteiger partial charge in [-0.15, -0.1) is 0 Å². The molecule has 150 valence electrons. The number of carbonyl (C=O) groups excluding carboxylic acids is 2. The Labute approximate surface area is 175 Å². The lowest BCUT2D eigenvalue weighted by Gasteiger charge is -2.33. The zero-order chi connectivity index (χ0) is 20.0. The molecule has 1 aromatic carbocycles. The first-order valence-corrected chi connectivity index (χ1v) is 10.4. The Morgan fingerprint density at radius 1 is 1.33 bits per heavy atom. The molecule has 27 heavy (non-hydrogen) atoms. The van der Waals surface area contributed by atoms with Crippen LogP contribution in [-0.4, -0.2) is 48.3 Å². The maximum Gasteiger partial charge on any atom is 0.407 e. The second kappa shape index (κ2) is 9.73. The Morgan fingerprint density at radius 3 is 2.74 bits per heavy atom. The monoisotopic (exact) mass is 488 g/mol. The predicted molar refractivity (Wildman–Crippen MR) is 113 cm³/mol. The average molecular weight is 488 g/mol. The van der Waals surface area contributed by atoms with Gasteiger partial charge in [-0.3, -0.25) is 4.90 Å². The molecule has 1 heterocycles. The maximum absolute atomic E-state index is 12.1. The number of likely N-dealkylation sites (tertiary alicyclic amines) is 1. The number of benzene rings is 1. The first-order valence-electron chi connectivity index (χ1n) is 9.36. The quantitative estimate of drug-likeness (QED) is 0.502. The van der Waals surface area contributed by atoms with E-state index in [4.69, 9.17) is 9.47 Å². The standard InChI is InChI=1S/C20H29IN2O4/c1-5-26-18(24)16-10-6-8-14(17(16)21)12-23-11-7-9-15(13-23)22-19(25)27-20(2,3)4/h6,8,10,15H,5,7,9,11-13H2,1-4H3,(H,22,25)/t15-/m1/s1. The highest BCUT2D eigenvalue weighted by atomic mass is 127. The minimum Gasteiger partial charge on any atom is -0.462 e. The summed E-state index contributed by atoms with van der Waals surface area (Å²) in [5, 5.41) is 2.97. The van der Waals surface area contributed by atoms with Gasteiger partial charge in [-0.1, -0.05) is 12.1 Å². The smallest absolute Gasteiger partial charge is 0.407 e. The minimum absolute atomic E-state index is 0.0690. The molecule has 0 unspecified atom stereocenters. The molecule has 0 bridgehead atoms. The summed E-state index contributed by atoms with van der Waals surface area (Å²) in [5.74, 6) is -0.285. The van der Waals surface area contributed by atoms with Crippen molar-refractivity contribution in [1.29, 1.82) is 0 Å². The molecule has 1 aliphatic heterocycles. The van der Waals surface area contributed by atoms with E-state index >= 15 is 0 Å². The van der Waals surface area contributed by atoms with E-state index in [2.05, 4.69) is 32.8 Å². The molecule has 1 aromatic rings. The molecule has 0 aromatic heterocycles. The Balaban J connectivity index is 1.98. The average Bonchev–Trinajstić information content (AvgIpc) is 2.55. The highest BCUT2D eigenvalue weighted by Crippen LogP contribution is 2.22. The number of amides is 1. The fourth-order valence-electron chi connectivity index (χ4n) is 3.10. The molecule has 0 saturated carbocycles. The molecule has 0 aliphatic carbocycles. The minimum atomic E-state index is -0.498. The van der Waals surface area contributed by atoms with Crippen molar-refractivity contribution in [3.05, 3.63) is 32.9 Å². The van der Waals surface area contributed by atoms with Crippen LogP contribution in [0.5, 0.6) is 0 Å². The third kappa shape index (κ3) is 6.95. The number of alkyl carbamates (subject to hydrolysis) is 1. The van der Waals surface area contributed by atoms with Crippen LogP contribution in [0, 0.1) is 3.57 Å². The number of hydrogen-bond acceptors (Lipinski definition) is 5. The lowest BCUT2D eigenvalue weighted by Crippen LogP contribution is -2.48. The summed E-state index contributed by atoms with van der Waals surface area (Å²) in [7, 11) is 0. The number of halogens is 1. The van der Waals surface area contributed by atoms with Crippen LogP contribution in [0.4, 0.5) is 4.79 Å². The summed E-state index contributed by atoms with van der Waals surface area (Å²) >= 11 is 2.21. The van der Waals surface area contributed by atoms with Gasteiger partial charge in [0.25, 0.3) is 0 Å². The van der Waals surface area contributed by atoms with Crippen LogP contribution in [0.2, 0.25) is 0 Å². The van der Waals surface area contributed by atoms with Crippen LogP contribution < -0.4 is 5.32 Å². The van der Waals surface area contributed by atoms with E-state index in [0.717, 1.165) is 41.6 Å². The van der Waals surface area contributed by atoms with Crippen molar-refractivity contribution >= 4 is 34.7 Å². The summed E-state index contributed by atoms with van der Waals surface area (Å²) in [4.78, 5) is 26.4. The first-order chi connectivity index (χ1) is 12.7. The van der Waals surface area contributed by atoms with Crippen molar-refractivity contribution < 1.29 is 19.1 Å². The van der Waals surface area contributed by atoms with Crippen LogP contribution in [0.25, 0.3) is 0 Å². The SMILES string of the molecule is CCOC(=O)c1cccc(CN2CCC[C@@H](NC(=O)OC(C)(C)C)C2)c1I. The van der Waals surface area contributed by atoms with Crippen LogP contribution in [0.15, 0.2) is 18.2 Å². The number of piperidine rings is 1. The molecule has 0 spiro atoms. The van der Waals surface area contributed by atoms with Gasteiger partial charge in [0.1, 0.15) is 5.60 Å². The molecule has 1 amide bonds. The lowest BCUT2D eigenvalue weighted by molar-refractivity contribution is 0.0467. The summed E-state index contributed by atoms with van der Waals surface area (Å²) in [5.41, 5.74) is 1.21. The molecule has 1 fully saturated rings. The number of hydrogen-bond donors (Lipinski definition) is 1. The maximum atomic E-state index is 12.1. The van der Waals surface area contributed by atoms with Crippen molar-refractivity contribution in [2.75, 3.05) is 19.7 Å². The number of nitrogens with zero attached hydrogens (tertiary/aromatic N) is 1. The molecule has 7 heteroatoms. The number of esters is 1. The third-order valence-electron chi connectivity index (χ3n) is 4.19. The van der Waals surface area contributed by atoms with Crippen LogP contribution in [0.1, 0.15) is 56.5 Å². The zero-order valence-corrected chi connectivity index (χ0v) is 18.7. The second-order valence-corrected chi connectivity index (χ2v) is 8.80. The molecule has 0 radical (unpaired) electrons. The van der Waals surface area contributed by atoms with Gasteiger partial charge in [0, 0.05) is 22.7 Å². The predicted octanol–water partition coefficient (Wildman–Crippen LogP) is 3.96. The fraction of sp³-hybridized carbons (Fsp3) is 0.600. The molecule has 1 atom stereocenters. The molecule has 6 nitrogen and oxygen atoms in total. The molecule has 1 aliphatic rings. The van der Waals surface area contributed by atoms with E-state index in [0.29, 0.717) is 12.2 Å². The summed E-state index contributed by atoms with van der Waals surface area (Å²) in [6.07, 6.45) is 1.58. The topological polar surface area (TPSA) is 67.9 Å². The Hall–Kier alpha value is -1.35. The van der Waals surface area contributed by atoms with E-state index < -0.39 is 5.60 Å².